The van der Waals surface area contributed by atoms with E-state index in [4.69, 9.17) is 0 Å². The van der Waals surface area contributed by atoms with Gasteiger partial charge >= 0.3 is 12.4 Å². The number of hydrogen-bond donors (Lipinski definition) is 2. The Morgan fingerprint density at radius 1 is 0.420 bits per heavy atom. The second-order valence-corrected chi connectivity index (χ2v) is 13.0. The summed E-state index contributed by atoms with van der Waals surface area (Å²) in [6.07, 6.45) is -4.09. The van der Waals surface area contributed by atoms with Gasteiger partial charge in [-0.25, -0.2) is 9.97 Å². The van der Waals surface area contributed by atoms with Crippen LogP contribution in [0.4, 0.5) is 26.3 Å². The third kappa shape index (κ3) is 5.62. The molecule has 2 aliphatic heterocycles. The van der Waals surface area contributed by atoms with Crippen LogP contribution in [0.15, 0.2) is 48.5 Å². The summed E-state index contributed by atoms with van der Waals surface area (Å²) in [7, 11) is 0. The van der Waals surface area contributed by atoms with Crippen molar-refractivity contribution in [1.29, 1.82) is 0 Å². The standard InChI is InChI=1S/C40H32F6N4/c1-19-15-21(3)33(22(4)16-19)35-25-7-11-29(47-25)37(39(41,42)43)31-13-9-27(49-31)36(34-23(5)17-20(2)18-24(34)6)28-10-14-32(50-28)38(40(44,45)46)30-12-8-26(35)48-30/h7-18,47-48H,1-6H3. The topological polar surface area (TPSA) is 57.4 Å². The molecule has 254 valence electrons. The van der Waals surface area contributed by atoms with E-state index < -0.39 is 23.5 Å². The van der Waals surface area contributed by atoms with Crippen molar-refractivity contribution in [2.24, 2.45) is 0 Å². The molecule has 8 bridgehead atoms. The van der Waals surface area contributed by atoms with E-state index in [1.165, 1.54) is 48.6 Å². The summed E-state index contributed by atoms with van der Waals surface area (Å²) < 4.78 is 90.2. The Hall–Kier alpha value is -5.38. The van der Waals surface area contributed by atoms with Crippen molar-refractivity contribution in [2.75, 3.05) is 0 Å². The molecule has 0 saturated carbocycles. The molecule has 2 aromatic carbocycles. The summed E-state index contributed by atoms with van der Waals surface area (Å²) in [5.74, 6) is 0. The number of benzene rings is 2. The predicted octanol–water partition coefficient (Wildman–Crippen LogP) is 11.9. The van der Waals surface area contributed by atoms with Crippen molar-refractivity contribution in [3.05, 3.63) is 116 Å². The number of nitrogens with zero attached hydrogens (tertiary/aromatic N) is 2. The highest BCUT2D eigenvalue weighted by atomic mass is 19.4. The Balaban J connectivity index is 1.74. The first kappa shape index (κ1) is 33.1. The van der Waals surface area contributed by atoms with Crippen molar-refractivity contribution in [2.45, 2.75) is 53.9 Å². The first-order valence-corrected chi connectivity index (χ1v) is 16.0. The number of nitrogens with one attached hydrogen (secondary N) is 2. The predicted molar refractivity (Wildman–Crippen MR) is 188 cm³/mol. The van der Waals surface area contributed by atoms with Crippen LogP contribution in [0.3, 0.4) is 0 Å². The van der Waals surface area contributed by atoms with Gasteiger partial charge in [-0.15, -0.1) is 0 Å². The number of aromatic nitrogens is 4. The molecule has 7 rings (SSSR count). The lowest BCUT2D eigenvalue weighted by Crippen LogP contribution is -2.08. The van der Waals surface area contributed by atoms with Crippen LogP contribution in [-0.4, -0.2) is 19.9 Å². The number of aryl methyl sites for hydroxylation is 6. The minimum Gasteiger partial charge on any atom is -0.354 e. The lowest BCUT2D eigenvalue weighted by atomic mass is 9.92. The SMILES string of the molecule is Cc1cc(C)c(-c2c3nc(c(C(F)(F)F)c4ccc([nH]4)c(-c4c(C)cc(C)cc4C)c4ccc([nH]4)c(C(F)(F)F)c4nc2C=C4)C=C3)c(C)c1. The molecule has 2 aliphatic rings. The first-order chi connectivity index (χ1) is 23.5. The zero-order valence-corrected chi connectivity index (χ0v) is 28.1. The molecule has 4 nitrogen and oxygen atoms in total. The molecule has 2 N–H and O–H groups in total. The molecule has 5 aromatic rings. The Bertz CT molecular complexity index is 2310. The van der Waals surface area contributed by atoms with Crippen LogP contribution in [0.25, 0.3) is 68.6 Å². The molecule has 0 aliphatic carbocycles. The molecule has 0 spiro atoms. The van der Waals surface area contributed by atoms with Gasteiger partial charge in [0.15, 0.2) is 0 Å². The summed E-state index contributed by atoms with van der Waals surface area (Å²) in [5, 5.41) is 0. The lowest BCUT2D eigenvalue weighted by molar-refractivity contribution is -0.137. The summed E-state index contributed by atoms with van der Waals surface area (Å²) >= 11 is 0. The average Bonchev–Trinajstić information content (AvgIpc) is 3.80. The Morgan fingerprint density at radius 2 is 0.740 bits per heavy atom. The van der Waals surface area contributed by atoms with Crippen molar-refractivity contribution in [1.82, 2.24) is 19.9 Å². The van der Waals surface area contributed by atoms with E-state index in [9.17, 15) is 0 Å². The summed E-state index contributed by atoms with van der Waals surface area (Å²) in [4.78, 5) is 15.0. The molecular formula is C40H32F6N4. The van der Waals surface area contributed by atoms with E-state index in [1.54, 1.807) is 0 Å². The molecule has 3 aromatic heterocycles. The maximum atomic E-state index is 15.0. The van der Waals surface area contributed by atoms with Crippen LogP contribution < -0.4 is 0 Å². The second-order valence-electron chi connectivity index (χ2n) is 13.0. The van der Waals surface area contributed by atoms with E-state index in [0.29, 0.717) is 33.3 Å². The lowest BCUT2D eigenvalue weighted by Gasteiger charge is -2.14. The zero-order chi connectivity index (χ0) is 35.9. The van der Waals surface area contributed by atoms with E-state index in [1.807, 2.05) is 65.8 Å². The third-order valence-corrected chi connectivity index (χ3v) is 9.17. The summed E-state index contributed by atoms with van der Waals surface area (Å²) in [5.41, 5.74) is 5.11. The van der Waals surface area contributed by atoms with Gasteiger partial charge in [-0.3, -0.25) is 0 Å². The van der Waals surface area contributed by atoms with Crippen LogP contribution in [0.2, 0.25) is 0 Å². The molecule has 0 unspecified atom stereocenters. The van der Waals surface area contributed by atoms with Crippen LogP contribution in [0, 0.1) is 41.5 Å². The minimum absolute atomic E-state index is 0.161. The number of fused-ring (bicyclic) bond motifs is 8. The number of alkyl halides is 6. The quantitative estimate of drug-likeness (QED) is 0.178. The van der Waals surface area contributed by atoms with Gasteiger partial charge in [0.2, 0.25) is 0 Å². The van der Waals surface area contributed by atoms with Crippen LogP contribution in [0.1, 0.15) is 67.3 Å². The minimum atomic E-state index is -4.81. The fourth-order valence-electron chi connectivity index (χ4n) is 7.48. The normalized spacial score (nSPS) is 13.0. The Labute approximate surface area is 284 Å². The highest BCUT2D eigenvalue weighted by Gasteiger charge is 2.38. The first-order valence-electron chi connectivity index (χ1n) is 16.0. The van der Waals surface area contributed by atoms with Gasteiger partial charge in [0, 0.05) is 22.2 Å². The van der Waals surface area contributed by atoms with E-state index >= 15 is 26.3 Å². The summed E-state index contributed by atoms with van der Waals surface area (Å²) in [6.45, 7) is 11.3. The molecule has 0 amide bonds. The monoisotopic (exact) mass is 682 g/mol. The number of hydrogen-bond acceptors (Lipinski definition) is 2. The third-order valence-electron chi connectivity index (χ3n) is 9.17. The highest BCUT2D eigenvalue weighted by Crippen LogP contribution is 2.43. The van der Waals surface area contributed by atoms with Crippen LogP contribution in [0.5, 0.6) is 0 Å². The molecule has 0 saturated heterocycles. The van der Waals surface area contributed by atoms with Gasteiger partial charge in [-0.05, 0) is 123 Å². The second kappa shape index (κ2) is 11.6. The number of aromatic amines is 2. The van der Waals surface area contributed by atoms with Gasteiger partial charge in [-0.1, -0.05) is 35.4 Å². The molecule has 50 heavy (non-hydrogen) atoms. The smallest absolute Gasteiger partial charge is 0.354 e. The zero-order valence-electron chi connectivity index (χ0n) is 28.1. The van der Waals surface area contributed by atoms with Gasteiger partial charge in [0.1, 0.15) is 11.1 Å². The molecule has 0 atom stereocenters. The van der Waals surface area contributed by atoms with Crippen LogP contribution in [-0.2, 0) is 12.4 Å². The molecule has 10 heteroatoms. The number of H-pyrrole nitrogens is 2. The Kier molecular flexibility index (Phi) is 7.69. The van der Waals surface area contributed by atoms with Gasteiger partial charge in [-0.2, -0.15) is 26.3 Å². The van der Waals surface area contributed by atoms with Crippen molar-refractivity contribution in [3.8, 4) is 22.3 Å². The number of halogens is 6. The molecule has 0 radical (unpaired) electrons. The van der Waals surface area contributed by atoms with Crippen molar-refractivity contribution < 1.29 is 26.3 Å². The van der Waals surface area contributed by atoms with E-state index in [2.05, 4.69) is 19.9 Å². The maximum Gasteiger partial charge on any atom is 0.420 e. The van der Waals surface area contributed by atoms with Gasteiger partial charge in [0.05, 0.1) is 33.8 Å². The summed E-state index contributed by atoms with van der Waals surface area (Å²) in [6, 6.07) is 13.4. The van der Waals surface area contributed by atoms with Crippen molar-refractivity contribution >= 4 is 46.4 Å². The van der Waals surface area contributed by atoms with Crippen molar-refractivity contribution in [3.63, 3.8) is 0 Å². The van der Waals surface area contributed by atoms with Gasteiger partial charge in [0.25, 0.3) is 0 Å². The molecule has 0 fully saturated rings. The van der Waals surface area contributed by atoms with Crippen LogP contribution >= 0.6 is 0 Å². The largest absolute Gasteiger partial charge is 0.420 e. The number of rotatable bonds is 2. The highest BCUT2D eigenvalue weighted by molar-refractivity contribution is 5.97. The molecule has 5 heterocycles. The Morgan fingerprint density at radius 3 is 1.10 bits per heavy atom. The van der Waals surface area contributed by atoms with E-state index in [0.717, 1.165) is 33.4 Å². The van der Waals surface area contributed by atoms with Gasteiger partial charge < -0.3 is 9.97 Å². The fraction of sp³-hybridized carbons (Fsp3) is 0.200. The average molecular weight is 683 g/mol. The van der Waals surface area contributed by atoms with E-state index in [-0.39, 0.29) is 33.8 Å². The maximum absolute atomic E-state index is 15.0. The fourth-order valence-corrected chi connectivity index (χ4v) is 7.48. The molecular weight excluding hydrogens is 650 g/mol.